The second kappa shape index (κ2) is 11.0. The first kappa shape index (κ1) is 26.6. The van der Waals surface area contributed by atoms with E-state index in [1.165, 1.54) is 0 Å². The lowest BCUT2D eigenvalue weighted by Crippen LogP contribution is -2.58. The predicted molar refractivity (Wildman–Crippen MR) is 148 cm³/mol. The molecular formula is C30H34O5S2. The molecule has 1 N–H and O–H groups in total. The van der Waals surface area contributed by atoms with Crippen molar-refractivity contribution in [1.29, 1.82) is 0 Å². The first-order valence-electron chi connectivity index (χ1n) is 12.5. The number of hydrogen-bond acceptors (Lipinski definition) is 7. The third kappa shape index (κ3) is 5.58. The van der Waals surface area contributed by atoms with Gasteiger partial charge in [0, 0.05) is 21.6 Å². The van der Waals surface area contributed by atoms with Crippen molar-refractivity contribution in [3.8, 4) is 5.75 Å². The molecule has 3 aromatic rings. The van der Waals surface area contributed by atoms with Crippen molar-refractivity contribution in [2.45, 2.75) is 41.1 Å². The number of thioether (sulfide) groups is 2. The molecule has 0 aromatic heterocycles. The Hall–Kier alpha value is -2.00. The smallest absolute Gasteiger partial charge is 0.283 e. The van der Waals surface area contributed by atoms with Crippen molar-refractivity contribution in [1.82, 2.24) is 0 Å². The Bertz CT molecular complexity index is 1110. The van der Waals surface area contributed by atoms with Crippen LogP contribution in [0.4, 0.5) is 0 Å². The first-order chi connectivity index (χ1) is 17.9. The molecule has 0 amide bonds. The fourth-order valence-corrected chi connectivity index (χ4v) is 5.57. The van der Waals surface area contributed by atoms with Crippen LogP contribution in [-0.4, -0.2) is 50.0 Å². The largest absolute Gasteiger partial charge is 0.494 e. The van der Waals surface area contributed by atoms with Crippen LogP contribution in [0.25, 0.3) is 0 Å². The Morgan fingerprint density at radius 1 is 0.757 bits per heavy atom. The Labute approximate surface area is 227 Å². The molecule has 37 heavy (non-hydrogen) atoms. The summed E-state index contributed by atoms with van der Waals surface area (Å²) < 4.78 is 23.6. The van der Waals surface area contributed by atoms with E-state index in [4.69, 9.17) is 18.9 Å². The average molecular weight is 539 g/mol. The van der Waals surface area contributed by atoms with Gasteiger partial charge in [0.25, 0.3) is 5.97 Å². The highest BCUT2D eigenvalue weighted by atomic mass is 32.2. The number of ether oxygens (including phenoxy) is 4. The van der Waals surface area contributed by atoms with E-state index < -0.39 is 11.6 Å². The molecule has 0 spiro atoms. The van der Waals surface area contributed by atoms with E-state index in [1.807, 2.05) is 61.0 Å². The second-order valence-corrected chi connectivity index (χ2v) is 11.8. The summed E-state index contributed by atoms with van der Waals surface area (Å²) in [6, 6.07) is 23.9. The zero-order valence-corrected chi connectivity index (χ0v) is 23.2. The third-order valence-electron chi connectivity index (χ3n) is 7.11. The maximum Gasteiger partial charge on any atom is 0.283 e. The minimum absolute atomic E-state index is 0.0318. The molecule has 0 radical (unpaired) electrons. The molecule has 0 atom stereocenters. The monoisotopic (exact) mass is 538 g/mol. The standard InChI is InChI=1S/C30H34O5S2/c1-28-19-33-29(34-20-28,35-21-28)17-4-18-32-25-11-5-22(6-12-25)30(31,23-7-13-26(36-2)14-8-23)24-9-15-27(37-3)16-10-24/h5-16,31H,4,17-21H2,1-3H3. The van der Waals surface area contributed by atoms with Gasteiger partial charge in [-0.15, -0.1) is 23.5 Å². The fraction of sp³-hybridized carbons (Fsp3) is 0.400. The summed E-state index contributed by atoms with van der Waals surface area (Å²) in [5, 5.41) is 12.2. The molecule has 0 saturated carbocycles. The van der Waals surface area contributed by atoms with Gasteiger partial charge in [0.05, 0.1) is 26.4 Å². The number of hydrogen-bond donors (Lipinski definition) is 1. The van der Waals surface area contributed by atoms with E-state index in [1.54, 1.807) is 23.5 Å². The summed E-state index contributed by atoms with van der Waals surface area (Å²) >= 11 is 3.37. The van der Waals surface area contributed by atoms with Gasteiger partial charge in [0.15, 0.2) is 0 Å². The summed E-state index contributed by atoms with van der Waals surface area (Å²) in [5.41, 5.74) is 1.12. The van der Waals surface area contributed by atoms with Crippen molar-refractivity contribution in [2.75, 3.05) is 38.9 Å². The molecule has 3 saturated heterocycles. The summed E-state index contributed by atoms with van der Waals surface area (Å²) in [5.74, 6) is -0.166. The van der Waals surface area contributed by atoms with Crippen molar-refractivity contribution in [3.63, 3.8) is 0 Å². The van der Waals surface area contributed by atoms with Gasteiger partial charge < -0.3 is 24.1 Å². The van der Waals surface area contributed by atoms with E-state index in [-0.39, 0.29) is 5.41 Å². The van der Waals surface area contributed by atoms with E-state index in [0.29, 0.717) is 32.8 Å². The molecule has 3 aliphatic rings. The van der Waals surface area contributed by atoms with Crippen molar-refractivity contribution in [3.05, 3.63) is 89.5 Å². The number of fused-ring (bicyclic) bond motifs is 3. The Balaban J connectivity index is 1.29. The van der Waals surface area contributed by atoms with Crippen LogP contribution in [0, 0.1) is 5.41 Å². The molecule has 196 valence electrons. The van der Waals surface area contributed by atoms with Crippen LogP contribution in [0.3, 0.4) is 0 Å². The van der Waals surface area contributed by atoms with Gasteiger partial charge in [-0.2, -0.15) is 0 Å². The molecule has 7 heteroatoms. The van der Waals surface area contributed by atoms with Gasteiger partial charge >= 0.3 is 0 Å². The minimum Gasteiger partial charge on any atom is -0.494 e. The highest BCUT2D eigenvalue weighted by Crippen LogP contribution is 2.41. The predicted octanol–water partition coefficient (Wildman–Crippen LogP) is 6.31. The van der Waals surface area contributed by atoms with Gasteiger partial charge in [-0.3, -0.25) is 0 Å². The van der Waals surface area contributed by atoms with E-state index in [9.17, 15) is 5.11 Å². The lowest BCUT2D eigenvalue weighted by Gasteiger charge is -2.50. The Morgan fingerprint density at radius 2 is 1.19 bits per heavy atom. The van der Waals surface area contributed by atoms with Crippen LogP contribution >= 0.6 is 23.5 Å². The summed E-state index contributed by atoms with van der Waals surface area (Å²) in [6.07, 6.45) is 5.46. The first-order valence-corrected chi connectivity index (χ1v) is 15.0. The summed E-state index contributed by atoms with van der Waals surface area (Å²) in [4.78, 5) is 2.31. The Morgan fingerprint density at radius 3 is 1.62 bits per heavy atom. The maximum atomic E-state index is 12.2. The topological polar surface area (TPSA) is 57.2 Å². The molecule has 3 aliphatic heterocycles. The van der Waals surface area contributed by atoms with Crippen molar-refractivity contribution >= 4 is 23.5 Å². The fourth-order valence-electron chi connectivity index (χ4n) is 4.75. The molecule has 5 nitrogen and oxygen atoms in total. The van der Waals surface area contributed by atoms with E-state index in [2.05, 4.69) is 31.2 Å². The van der Waals surface area contributed by atoms with Crippen LogP contribution in [0.5, 0.6) is 5.75 Å². The molecule has 0 unspecified atom stereocenters. The average Bonchev–Trinajstić information content (AvgIpc) is 2.96. The van der Waals surface area contributed by atoms with Gasteiger partial charge in [0.2, 0.25) is 0 Å². The molecule has 3 fully saturated rings. The van der Waals surface area contributed by atoms with Gasteiger partial charge in [0.1, 0.15) is 11.4 Å². The molecule has 6 rings (SSSR count). The quantitative estimate of drug-likeness (QED) is 0.184. The second-order valence-electron chi connectivity index (χ2n) is 10.0. The zero-order valence-electron chi connectivity index (χ0n) is 21.6. The van der Waals surface area contributed by atoms with Crippen LogP contribution in [0.1, 0.15) is 36.5 Å². The lowest BCUT2D eigenvalue weighted by molar-refractivity contribution is -0.467. The van der Waals surface area contributed by atoms with Crippen molar-refractivity contribution < 1.29 is 24.1 Å². The summed E-state index contributed by atoms with van der Waals surface area (Å²) in [6.45, 7) is 4.63. The minimum atomic E-state index is -1.28. The third-order valence-corrected chi connectivity index (χ3v) is 8.59. The molecular weight excluding hydrogens is 504 g/mol. The Kier molecular flexibility index (Phi) is 7.91. The molecule has 0 aliphatic carbocycles. The highest BCUT2D eigenvalue weighted by molar-refractivity contribution is 7.98. The number of rotatable bonds is 10. The number of benzene rings is 3. The molecule has 2 bridgehead atoms. The number of aliphatic hydroxyl groups is 1. The van der Waals surface area contributed by atoms with Crippen LogP contribution in [-0.2, 0) is 19.8 Å². The van der Waals surface area contributed by atoms with Gasteiger partial charge in [-0.25, -0.2) is 0 Å². The van der Waals surface area contributed by atoms with Crippen LogP contribution < -0.4 is 4.74 Å². The lowest BCUT2D eigenvalue weighted by atomic mass is 9.80. The normalized spacial score (nSPS) is 23.2. The maximum absolute atomic E-state index is 12.2. The molecule has 3 heterocycles. The van der Waals surface area contributed by atoms with E-state index >= 15 is 0 Å². The van der Waals surface area contributed by atoms with E-state index in [0.717, 1.165) is 38.7 Å². The SMILES string of the molecule is CSc1ccc(C(O)(c2ccc(OCCCC34OCC(C)(CO3)CO4)cc2)c2ccc(SC)cc2)cc1. The van der Waals surface area contributed by atoms with Gasteiger partial charge in [-0.1, -0.05) is 43.3 Å². The van der Waals surface area contributed by atoms with Crippen molar-refractivity contribution in [2.24, 2.45) is 5.41 Å². The highest BCUT2D eigenvalue weighted by Gasteiger charge is 2.49. The van der Waals surface area contributed by atoms with Crippen LogP contribution in [0.15, 0.2) is 82.6 Å². The van der Waals surface area contributed by atoms with Crippen LogP contribution in [0.2, 0.25) is 0 Å². The zero-order chi connectivity index (χ0) is 25.9. The summed E-state index contributed by atoms with van der Waals surface area (Å²) in [7, 11) is 0. The van der Waals surface area contributed by atoms with Gasteiger partial charge in [-0.05, 0) is 72.0 Å². The molecule has 3 aromatic carbocycles.